The highest BCUT2D eigenvalue weighted by Crippen LogP contribution is 2.45. The first-order valence-electron chi connectivity index (χ1n) is 8.06. The second kappa shape index (κ2) is 9.40. The summed E-state index contributed by atoms with van der Waals surface area (Å²) in [5, 5.41) is 5.94. The van der Waals surface area contributed by atoms with Crippen LogP contribution in [0.15, 0.2) is 24.3 Å². The van der Waals surface area contributed by atoms with Crippen molar-refractivity contribution in [3.8, 4) is 0 Å². The lowest BCUT2D eigenvalue weighted by molar-refractivity contribution is -0.138. The first-order valence-corrected chi connectivity index (χ1v) is 8.06. The van der Waals surface area contributed by atoms with Crippen molar-refractivity contribution in [2.45, 2.75) is 30.9 Å². The number of carbonyl (C=O) groups is 1. The standard InChI is InChI=1S/C17H23F3N2O2.ClH/c1-24-11-10-21-8-9-22-15(23)16(6-3-7-16)13-4-2-5-14(12-13)17(18,19)20;/h2,4-5,12,21H,3,6-11H2,1H3,(H,22,23);1H. The Morgan fingerprint density at radius 2 is 1.96 bits per heavy atom. The topological polar surface area (TPSA) is 50.4 Å². The van der Waals surface area contributed by atoms with Crippen LogP contribution in [0.5, 0.6) is 0 Å². The van der Waals surface area contributed by atoms with Gasteiger partial charge >= 0.3 is 6.18 Å². The third kappa shape index (κ3) is 5.33. The molecule has 1 aliphatic rings. The van der Waals surface area contributed by atoms with Crippen LogP contribution in [0.25, 0.3) is 0 Å². The average Bonchev–Trinajstić information content (AvgIpc) is 2.49. The van der Waals surface area contributed by atoms with E-state index in [4.69, 9.17) is 4.74 Å². The molecule has 1 aromatic rings. The van der Waals surface area contributed by atoms with Crippen molar-refractivity contribution in [1.82, 2.24) is 10.6 Å². The molecule has 0 heterocycles. The van der Waals surface area contributed by atoms with E-state index in [1.807, 2.05) is 0 Å². The number of halogens is 4. The van der Waals surface area contributed by atoms with Gasteiger partial charge in [0, 0.05) is 26.7 Å². The lowest BCUT2D eigenvalue weighted by Gasteiger charge is -2.41. The minimum absolute atomic E-state index is 0. The van der Waals surface area contributed by atoms with Crippen LogP contribution in [0.4, 0.5) is 13.2 Å². The lowest BCUT2D eigenvalue weighted by Crippen LogP contribution is -2.50. The molecule has 1 saturated carbocycles. The molecule has 142 valence electrons. The predicted molar refractivity (Wildman–Crippen MR) is 92.0 cm³/mol. The van der Waals surface area contributed by atoms with E-state index in [0.29, 0.717) is 44.6 Å². The molecule has 0 radical (unpaired) electrons. The van der Waals surface area contributed by atoms with E-state index in [1.54, 1.807) is 13.2 Å². The van der Waals surface area contributed by atoms with Crippen LogP contribution in [-0.2, 0) is 21.1 Å². The highest BCUT2D eigenvalue weighted by molar-refractivity contribution is 5.89. The number of amides is 1. The van der Waals surface area contributed by atoms with E-state index in [-0.39, 0.29) is 18.3 Å². The molecule has 4 nitrogen and oxygen atoms in total. The molecule has 0 unspecified atom stereocenters. The summed E-state index contributed by atoms with van der Waals surface area (Å²) in [4.78, 5) is 12.6. The normalized spacial score (nSPS) is 15.8. The third-order valence-electron chi connectivity index (χ3n) is 4.45. The zero-order valence-corrected chi connectivity index (χ0v) is 14.9. The number of carbonyl (C=O) groups excluding carboxylic acids is 1. The number of rotatable bonds is 8. The minimum Gasteiger partial charge on any atom is -0.383 e. The van der Waals surface area contributed by atoms with E-state index >= 15 is 0 Å². The molecule has 0 bridgehead atoms. The van der Waals surface area contributed by atoms with Gasteiger partial charge in [-0.05, 0) is 24.5 Å². The summed E-state index contributed by atoms with van der Waals surface area (Å²) in [5.41, 5.74) is -1.08. The van der Waals surface area contributed by atoms with E-state index < -0.39 is 17.2 Å². The Labute approximate surface area is 151 Å². The zero-order chi connectivity index (χ0) is 17.6. The van der Waals surface area contributed by atoms with Crippen LogP contribution in [0.1, 0.15) is 30.4 Å². The lowest BCUT2D eigenvalue weighted by atomic mass is 9.63. The molecule has 0 saturated heterocycles. The molecule has 1 fully saturated rings. The summed E-state index contributed by atoms with van der Waals surface area (Å²) >= 11 is 0. The number of hydrogen-bond donors (Lipinski definition) is 2. The van der Waals surface area contributed by atoms with Crippen molar-refractivity contribution >= 4 is 18.3 Å². The van der Waals surface area contributed by atoms with E-state index in [1.165, 1.54) is 6.07 Å². The highest BCUT2D eigenvalue weighted by Gasteiger charge is 2.46. The number of nitrogens with one attached hydrogen (secondary N) is 2. The summed E-state index contributed by atoms with van der Waals surface area (Å²) < 4.78 is 43.6. The summed E-state index contributed by atoms with van der Waals surface area (Å²) in [5.74, 6) is -0.193. The highest BCUT2D eigenvalue weighted by atomic mass is 35.5. The summed E-state index contributed by atoms with van der Waals surface area (Å²) in [6.07, 6.45) is -2.40. The number of methoxy groups -OCH3 is 1. The second-order valence-corrected chi connectivity index (χ2v) is 6.01. The molecule has 2 rings (SSSR count). The maximum Gasteiger partial charge on any atom is 0.416 e. The summed E-state index contributed by atoms with van der Waals surface area (Å²) in [6.45, 7) is 2.30. The Bertz CT molecular complexity index is 563. The fraction of sp³-hybridized carbons (Fsp3) is 0.588. The molecule has 1 amide bonds. The molecule has 2 N–H and O–H groups in total. The molecular formula is C17H24ClF3N2O2. The van der Waals surface area contributed by atoms with E-state index in [9.17, 15) is 18.0 Å². The van der Waals surface area contributed by atoms with Gasteiger partial charge in [0.15, 0.2) is 0 Å². The minimum atomic E-state index is -4.40. The molecule has 0 aliphatic heterocycles. The molecule has 8 heteroatoms. The molecular weight excluding hydrogens is 357 g/mol. The Morgan fingerprint density at radius 3 is 2.52 bits per heavy atom. The largest absolute Gasteiger partial charge is 0.416 e. The first-order chi connectivity index (χ1) is 11.4. The monoisotopic (exact) mass is 380 g/mol. The van der Waals surface area contributed by atoms with Crippen molar-refractivity contribution in [3.63, 3.8) is 0 Å². The van der Waals surface area contributed by atoms with Crippen LogP contribution >= 0.6 is 12.4 Å². The maximum absolute atomic E-state index is 12.9. The van der Waals surface area contributed by atoms with Gasteiger partial charge in [0.05, 0.1) is 17.6 Å². The van der Waals surface area contributed by atoms with Crippen molar-refractivity contribution in [1.29, 1.82) is 0 Å². The van der Waals surface area contributed by atoms with Gasteiger partial charge in [-0.1, -0.05) is 24.6 Å². The van der Waals surface area contributed by atoms with Gasteiger partial charge < -0.3 is 15.4 Å². The third-order valence-corrected chi connectivity index (χ3v) is 4.45. The van der Waals surface area contributed by atoms with Gasteiger partial charge in [-0.25, -0.2) is 0 Å². The fourth-order valence-corrected chi connectivity index (χ4v) is 2.90. The number of alkyl halides is 3. The fourth-order valence-electron chi connectivity index (χ4n) is 2.90. The van der Waals surface area contributed by atoms with Crippen LogP contribution in [0.3, 0.4) is 0 Å². The predicted octanol–water partition coefficient (Wildman–Crippen LogP) is 2.90. The van der Waals surface area contributed by atoms with Crippen LogP contribution in [0, 0.1) is 0 Å². The Morgan fingerprint density at radius 1 is 1.24 bits per heavy atom. The van der Waals surface area contributed by atoms with Gasteiger partial charge in [-0.15, -0.1) is 12.4 Å². The molecule has 1 aliphatic carbocycles. The average molecular weight is 381 g/mol. The summed E-state index contributed by atoms with van der Waals surface area (Å²) in [6, 6.07) is 5.13. The Kier molecular flexibility index (Phi) is 8.18. The van der Waals surface area contributed by atoms with Crippen molar-refractivity contribution in [2.75, 3.05) is 33.4 Å². The van der Waals surface area contributed by atoms with Crippen LogP contribution < -0.4 is 10.6 Å². The maximum atomic E-state index is 12.9. The molecule has 0 aromatic heterocycles. The molecule has 0 spiro atoms. The Balaban J connectivity index is 0.00000312. The van der Waals surface area contributed by atoms with E-state index in [2.05, 4.69) is 10.6 Å². The quantitative estimate of drug-likeness (QED) is 0.682. The molecule has 0 atom stereocenters. The van der Waals surface area contributed by atoms with Gasteiger partial charge in [-0.3, -0.25) is 4.79 Å². The SMILES string of the molecule is COCCNCCNC(=O)C1(c2cccc(C(F)(F)F)c2)CCC1.Cl. The smallest absolute Gasteiger partial charge is 0.383 e. The van der Waals surface area contributed by atoms with Gasteiger partial charge in [0.1, 0.15) is 0 Å². The van der Waals surface area contributed by atoms with Crippen molar-refractivity contribution in [2.24, 2.45) is 0 Å². The zero-order valence-electron chi connectivity index (χ0n) is 14.1. The Hall–Kier alpha value is -1.31. The number of hydrogen-bond acceptors (Lipinski definition) is 3. The second-order valence-electron chi connectivity index (χ2n) is 6.01. The van der Waals surface area contributed by atoms with Gasteiger partial charge in [0.2, 0.25) is 5.91 Å². The van der Waals surface area contributed by atoms with Crippen LogP contribution in [0.2, 0.25) is 0 Å². The van der Waals surface area contributed by atoms with Gasteiger partial charge in [0.25, 0.3) is 0 Å². The number of ether oxygens (including phenoxy) is 1. The number of benzene rings is 1. The van der Waals surface area contributed by atoms with Gasteiger partial charge in [-0.2, -0.15) is 13.2 Å². The van der Waals surface area contributed by atoms with Crippen molar-refractivity contribution in [3.05, 3.63) is 35.4 Å². The van der Waals surface area contributed by atoms with Crippen molar-refractivity contribution < 1.29 is 22.7 Å². The van der Waals surface area contributed by atoms with Crippen LogP contribution in [-0.4, -0.2) is 39.3 Å². The van der Waals surface area contributed by atoms with E-state index in [0.717, 1.165) is 18.6 Å². The molecule has 1 aromatic carbocycles. The first kappa shape index (κ1) is 21.7. The summed E-state index contributed by atoms with van der Waals surface area (Å²) in [7, 11) is 1.61. The molecule has 25 heavy (non-hydrogen) atoms.